The third-order valence-electron chi connectivity index (χ3n) is 4.01. The van der Waals surface area contributed by atoms with Crippen LogP contribution in [0, 0.1) is 10.7 Å². The minimum Gasteiger partial charge on any atom is -0.743 e. The predicted molar refractivity (Wildman–Crippen MR) is 133 cm³/mol. The van der Waals surface area contributed by atoms with Crippen LogP contribution in [-0.4, -0.2) is 48.3 Å². The first kappa shape index (κ1) is 30.0. The van der Waals surface area contributed by atoms with Crippen LogP contribution in [0.5, 0.6) is 0 Å². The average molecular weight is 858 g/mol. The summed E-state index contributed by atoms with van der Waals surface area (Å²) in [5, 5.41) is -3.90. The number of halogens is 8. The van der Waals surface area contributed by atoms with Crippen LogP contribution in [0.15, 0.2) is 36.4 Å². The van der Waals surface area contributed by atoms with E-state index in [2.05, 4.69) is 10.1 Å². The zero-order chi connectivity index (χ0) is 26.9. The Kier molecular flexibility index (Phi) is 9.48. The van der Waals surface area contributed by atoms with Gasteiger partial charge in [0, 0.05) is 16.3 Å². The van der Waals surface area contributed by atoms with Crippen LogP contribution in [0.2, 0.25) is 0 Å². The Morgan fingerprint density at radius 1 is 0.914 bits per heavy atom. The summed E-state index contributed by atoms with van der Waals surface area (Å²) in [5.41, 5.74) is -0.809. The van der Waals surface area contributed by atoms with Gasteiger partial charge in [0.15, 0.2) is 10.1 Å². The lowest BCUT2D eigenvalue weighted by Crippen LogP contribution is -2.52. The summed E-state index contributed by atoms with van der Waals surface area (Å²) in [4.78, 5) is 36.7. The molecule has 1 N–H and O–H groups in total. The molecule has 0 aliphatic rings. The quantitative estimate of drug-likeness (QED) is 0.115. The summed E-state index contributed by atoms with van der Waals surface area (Å²) >= 11 is 5.88. The molecule has 1 atom stereocenters. The molecule has 35 heavy (non-hydrogen) atoms. The van der Waals surface area contributed by atoms with Crippen molar-refractivity contribution in [2.24, 2.45) is 0 Å². The summed E-state index contributed by atoms with van der Waals surface area (Å²) in [5.74, 6) is -3.74. The van der Waals surface area contributed by atoms with Gasteiger partial charge in [0.05, 0.1) is 11.1 Å². The Morgan fingerprint density at radius 3 is 1.91 bits per heavy atom. The molecule has 0 saturated heterocycles. The average Bonchev–Trinajstić information content (AvgIpc) is 2.72. The fourth-order valence-electron chi connectivity index (χ4n) is 2.35. The van der Waals surface area contributed by atoms with Crippen LogP contribution in [-0.2, 0) is 14.9 Å². The minimum atomic E-state index is -6.84. The standard InChI is InChI=1S/C18H9F5I3NO7S/c19-17(20,21)16(18(22,23)35(31,32)33)34-15(30)8-3-1-7(2-4-8)13(28)27-14(29)10-5-9(24)6-11(25)12(10)26/h1-6,16H,(H,27,28,29)(H,31,32,33)/p-1. The predicted octanol–water partition coefficient (Wildman–Crippen LogP) is 4.30. The van der Waals surface area contributed by atoms with Gasteiger partial charge < -0.3 is 9.29 Å². The summed E-state index contributed by atoms with van der Waals surface area (Å²) in [6.45, 7) is 0. The van der Waals surface area contributed by atoms with Gasteiger partial charge in [-0.1, -0.05) is 0 Å². The van der Waals surface area contributed by atoms with E-state index in [9.17, 15) is 49.3 Å². The first-order valence-corrected chi connectivity index (χ1v) is 13.2. The fourth-order valence-corrected chi connectivity index (χ4v) is 5.20. The highest BCUT2D eigenvalue weighted by molar-refractivity contribution is 14.1. The maximum Gasteiger partial charge on any atom is 0.432 e. The third kappa shape index (κ3) is 7.19. The second-order valence-electron chi connectivity index (χ2n) is 6.45. The number of ether oxygens (including phenoxy) is 1. The number of imide groups is 1. The van der Waals surface area contributed by atoms with E-state index < -0.39 is 51.0 Å². The van der Waals surface area contributed by atoms with Crippen molar-refractivity contribution in [3.8, 4) is 0 Å². The van der Waals surface area contributed by atoms with Crippen LogP contribution < -0.4 is 5.32 Å². The van der Waals surface area contributed by atoms with Crippen molar-refractivity contribution in [3.05, 3.63) is 63.8 Å². The third-order valence-corrected chi connectivity index (χ3v) is 8.56. The minimum absolute atomic E-state index is 0.197. The van der Waals surface area contributed by atoms with E-state index in [0.717, 1.165) is 31.4 Å². The highest BCUT2D eigenvalue weighted by atomic mass is 127. The topological polar surface area (TPSA) is 130 Å². The van der Waals surface area contributed by atoms with E-state index in [1.165, 1.54) is 6.07 Å². The second-order valence-corrected chi connectivity index (χ2v) is 11.4. The smallest absolute Gasteiger partial charge is 0.432 e. The van der Waals surface area contributed by atoms with E-state index in [4.69, 9.17) is 0 Å². The number of esters is 1. The number of alkyl halides is 5. The van der Waals surface area contributed by atoms with Crippen LogP contribution >= 0.6 is 67.8 Å². The molecule has 0 aliphatic carbocycles. The Labute approximate surface area is 234 Å². The normalized spacial score (nSPS) is 13.2. The molecule has 2 aromatic carbocycles. The monoisotopic (exact) mass is 858 g/mol. The number of benzene rings is 2. The summed E-state index contributed by atoms with van der Waals surface area (Å²) in [6.07, 6.45) is -10.7. The van der Waals surface area contributed by atoms with Gasteiger partial charge in [-0.15, -0.1) is 0 Å². The number of hydrogen-bond acceptors (Lipinski definition) is 7. The maximum absolute atomic E-state index is 13.5. The molecule has 0 aliphatic heterocycles. The van der Waals surface area contributed by atoms with Crippen molar-refractivity contribution >= 4 is 95.7 Å². The maximum atomic E-state index is 13.5. The lowest BCUT2D eigenvalue weighted by molar-refractivity contribution is -0.248. The molecular weight excluding hydrogens is 850 g/mol. The van der Waals surface area contributed by atoms with Crippen molar-refractivity contribution < 1.29 is 54.0 Å². The van der Waals surface area contributed by atoms with E-state index in [-0.39, 0.29) is 11.1 Å². The lowest BCUT2D eigenvalue weighted by atomic mass is 10.1. The summed E-state index contributed by atoms with van der Waals surface area (Å²) in [6, 6.07) is 6.53. The van der Waals surface area contributed by atoms with Gasteiger partial charge in [0.2, 0.25) is 0 Å². The van der Waals surface area contributed by atoms with Crippen molar-refractivity contribution in [3.63, 3.8) is 0 Å². The van der Waals surface area contributed by atoms with Gasteiger partial charge in [-0.25, -0.2) is 13.2 Å². The molecule has 0 fully saturated rings. The van der Waals surface area contributed by atoms with Gasteiger partial charge in [-0.05, 0) is 104 Å². The SMILES string of the molecule is O=C(NC(=O)c1cc(I)cc(I)c1I)c1ccc(C(=O)OC(C(F)(F)F)C(F)(F)S(=O)(=O)[O-])cc1. The molecule has 0 heterocycles. The molecule has 0 radical (unpaired) electrons. The second kappa shape index (κ2) is 11.0. The molecule has 2 aromatic rings. The molecule has 17 heteroatoms. The molecular formula is C18H8F5I3NO7S-. The van der Waals surface area contributed by atoms with Crippen LogP contribution in [0.3, 0.4) is 0 Å². The molecule has 0 spiro atoms. The molecule has 2 rings (SSSR count). The first-order valence-electron chi connectivity index (χ1n) is 8.57. The molecule has 190 valence electrons. The number of nitrogens with one attached hydrogen (secondary N) is 1. The number of rotatable bonds is 6. The van der Waals surface area contributed by atoms with Gasteiger partial charge in [0.25, 0.3) is 17.9 Å². The van der Waals surface area contributed by atoms with Crippen molar-refractivity contribution in [2.75, 3.05) is 0 Å². The van der Waals surface area contributed by atoms with Crippen LogP contribution in [0.4, 0.5) is 22.0 Å². The molecule has 0 saturated carbocycles. The molecule has 0 bridgehead atoms. The van der Waals surface area contributed by atoms with Crippen molar-refractivity contribution in [2.45, 2.75) is 17.5 Å². The van der Waals surface area contributed by atoms with E-state index in [0.29, 0.717) is 3.57 Å². The molecule has 1 unspecified atom stereocenters. The summed E-state index contributed by atoms with van der Waals surface area (Å²) < 4.78 is 103. The Bertz CT molecular complexity index is 1280. The Morgan fingerprint density at radius 2 is 1.43 bits per heavy atom. The van der Waals surface area contributed by atoms with E-state index >= 15 is 0 Å². The Balaban J connectivity index is 2.21. The van der Waals surface area contributed by atoms with Crippen molar-refractivity contribution in [1.82, 2.24) is 5.32 Å². The highest BCUT2D eigenvalue weighted by Crippen LogP contribution is 2.38. The van der Waals surface area contributed by atoms with Crippen LogP contribution in [0.1, 0.15) is 31.1 Å². The van der Waals surface area contributed by atoms with Gasteiger partial charge in [-0.3, -0.25) is 14.9 Å². The number of hydrogen-bond donors (Lipinski definition) is 1. The fraction of sp³-hybridized carbons (Fsp3) is 0.167. The van der Waals surface area contributed by atoms with Crippen LogP contribution in [0.25, 0.3) is 0 Å². The lowest BCUT2D eigenvalue weighted by Gasteiger charge is -2.29. The van der Waals surface area contributed by atoms with Gasteiger partial charge >= 0.3 is 17.4 Å². The molecule has 2 amide bonds. The largest absolute Gasteiger partial charge is 0.743 e. The first-order chi connectivity index (χ1) is 15.9. The molecule has 8 nitrogen and oxygen atoms in total. The Hall–Kier alpha value is -1.20. The molecule has 0 aromatic heterocycles. The van der Waals surface area contributed by atoms with E-state index in [1.54, 1.807) is 6.07 Å². The number of carbonyl (C=O) groups is 3. The zero-order valence-electron chi connectivity index (χ0n) is 16.3. The summed E-state index contributed by atoms with van der Waals surface area (Å²) in [7, 11) is -6.84. The number of amides is 2. The van der Waals surface area contributed by atoms with E-state index in [1.807, 2.05) is 67.8 Å². The zero-order valence-corrected chi connectivity index (χ0v) is 23.6. The van der Waals surface area contributed by atoms with Gasteiger partial charge in [-0.2, -0.15) is 22.0 Å². The number of carbonyl (C=O) groups excluding carboxylic acids is 3. The highest BCUT2D eigenvalue weighted by Gasteiger charge is 2.63. The van der Waals surface area contributed by atoms with Crippen molar-refractivity contribution in [1.29, 1.82) is 0 Å². The van der Waals surface area contributed by atoms with Gasteiger partial charge in [0.1, 0.15) is 0 Å².